The number of alkyl carbamates (subject to hydrolysis) is 1. The number of piperidine rings is 1. The summed E-state index contributed by atoms with van der Waals surface area (Å²) in [6.45, 7) is 6.67. The zero-order chi connectivity index (χ0) is 24.5. The van der Waals surface area contributed by atoms with Gasteiger partial charge < -0.3 is 26.4 Å². The molecule has 1 spiro atoms. The molecule has 34 heavy (non-hydrogen) atoms. The van der Waals surface area contributed by atoms with Crippen molar-refractivity contribution in [3.05, 3.63) is 24.0 Å². The lowest BCUT2D eigenvalue weighted by molar-refractivity contribution is 0.0497. The van der Waals surface area contributed by atoms with Gasteiger partial charge in [0.05, 0.1) is 11.4 Å². The largest absolute Gasteiger partial charge is 0.444 e. The summed E-state index contributed by atoms with van der Waals surface area (Å²) in [7, 11) is 0. The first kappa shape index (κ1) is 24.1. The summed E-state index contributed by atoms with van der Waals surface area (Å²) in [6, 6.07) is 5.00. The highest BCUT2D eigenvalue weighted by Gasteiger charge is 2.44. The summed E-state index contributed by atoms with van der Waals surface area (Å²) >= 11 is 0. The number of nitrogens with zero attached hydrogens (tertiary/aromatic N) is 4. The van der Waals surface area contributed by atoms with Gasteiger partial charge in [-0.1, -0.05) is 12.5 Å². The van der Waals surface area contributed by atoms with E-state index in [-0.39, 0.29) is 23.8 Å². The lowest BCUT2D eigenvalue weighted by Gasteiger charge is -2.47. The number of halogens is 1. The number of benzene rings is 1. The molecule has 0 radical (unpaired) electrons. The van der Waals surface area contributed by atoms with Crippen LogP contribution in [0.1, 0.15) is 65.7 Å². The number of rotatable bonds is 3. The van der Waals surface area contributed by atoms with Crippen molar-refractivity contribution in [2.24, 2.45) is 21.5 Å². The van der Waals surface area contributed by atoms with E-state index in [2.05, 4.69) is 10.3 Å². The van der Waals surface area contributed by atoms with Crippen LogP contribution in [0.15, 0.2) is 28.2 Å². The van der Waals surface area contributed by atoms with Crippen LogP contribution in [0.4, 0.5) is 20.6 Å². The van der Waals surface area contributed by atoms with E-state index in [9.17, 15) is 4.79 Å². The van der Waals surface area contributed by atoms with Gasteiger partial charge in [-0.15, -0.1) is 0 Å². The second-order valence-corrected chi connectivity index (χ2v) is 10.3. The average molecular weight is 474 g/mol. The van der Waals surface area contributed by atoms with Crippen molar-refractivity contribution < 1.29 is 13.9 Å². The van der Waals surface area contributed by atoms with E-state index < -0.39 is 17.4 Å². The second-order valence-electron chi connectivity index (χ2n) is 10.3. The third-order valence-corrected chi connectivity index (χ3v) is 6.59. The Bertz CT molecular complexity index is 974. The zero-order valence-corrected chi connectivity index (χ0v) is 20.3. The van der Waals surface area contributed by atoms with Gasteiger partial charge in [-0.05, 0) is 71.4 Å². The number of para-hydroxylation sites is 1. The maximum Gasteiger partial charge on any atom is 0.407 e. The Labute approximate surface area is 200 Å². The predicted molar refractivity (Wildman–Crippen MR) is 133 cm³/mol. The van der Waals surface area contributed by atoms with Crippen molar-refractivity contribution in [2.45, 2.75) is 83.0 Å². The van der Waals surface area contributed by atoms with Crippen LogP contribution < -0.4 is 26.6 Å². The highest BCUT2D eigenvalue weighted by atomic mass is 19.1. The number of anilines is 2. The molecular weight excluding hydrogens is 437 g/mol. The summed E-state index contributed by atoms with van der Waals surface area (Å²) < 4.78 is 20.7. The van der Waals surface area contributed by atoms with E-state index in [4.69, 9.17) is 21.2 Å². The van der Waals surface area contributed by atoms with E-state index >= 15 is 4.39 Å². The summed E-state index contributed by atoms with van der Waals surface area (Å²) in [5.74, 6) is 0.0858. The molecule has 4 rings (SSSR count). The van der Waals surface area contributed by atoms with E-state index in [0.717, 1.165) is 32.1 Å². The van der Waals surface area contributed by atoms with Gasteiger partial charge in [0, 0.05) is 19.1 Å². The minimum absolute atomic E-state index is 0.0305. The molecule has 1 aliphatic carbocycles. The van der Waals surface area contributed by atoms with Crippen LogP contribution >= 0.6 is 0 Å². The lowest BCUT2D eigenvalue weighted by atomic mass is 9.87. The lowest BCUT2D eigenvalue weighted by Crippen LogP contribution is -2.58. The molecule has 2 aliphatic heterocycles. The van der Waals surface area contributed by atoms with Crippen LogP contribution in [-0.2, 0) is 4.74 Å². The molecule has 10 heteroatoms. The molecule has 1 saturated heterocycles. The fourth-order valence-electron chi connectivity index (χ4n) is 5.19. The molecule has 5 N–H and O–H groups in total. The van der Waals surface area contributed by atoms with Crippen molar-refractivity contribution in [1.29, 1.82) is 0 Å². The number of nitrogens with two attached hydrogens (primary N) is 2. The number of hydrogen-bond donors (Lipinski definition) is 3. The molecule has 186 valence electrons. The van der Waals surface area contributed by atoms with Gasteiger partial charge in [0.2, 0.25) is 11.9 Å². The minimum Gasteiger partial charge on any atom is -0.444 e. The number of aliphatic imine (C=N–C) groups is 2. The van der Waals surface area contributed by atoms with Crippen molar-refractivity contribution >= 4 is 29.4 Å². The first-order valence-corrected chi connectivity index (χ1v) is 12.1. The van der Waals surface area contributed by atoms with Gasteiger partial charge in [-0.2, -0.15) is 4.99 Å². The van der Waals surface area contributed by atoms with Crippen LogP contribution in [-0.4, -0.2) is 48.4 Å². The van der Waals surface area contributed by atoms with Gasteiger partial charge in [-0.25, -0.2) is 14.2 Å². The van der Waals surface area contributed by atoms with E-state index in [0.29, 0.717) is 37.3 Å². The molecule has 0 atom stereocenters. The Morgan fingerprint density at radius 1 is 1.18 bits per heavy atom. The predicted octanol–water partition coefficient (Wildman–Crippen LogP) is 3.43. The first-order valence-electron chi connectivity index (χ1n) is 12.1. The molecule has 1 amide bonds. The number of guanidine groups is 2. The number of nitrogens with one attached hydrogen (secondary N) is 1. The monoisotopic (exact) mass is 473 g/mol. The van der Waals surface area contributed by atoms with Crippen LogP contribution in [0.25, 0.3) is 0 Å². The Hall–Kier alpha value is -3.04. The molecule has 3 aliphatic rings. The van der Waals surface area contributed by atoms with Gasteiger partial charge in [-0.3, -0.25) is 4.90 Å². The highest BCUT2D eigenvalue weighted by molar-refractivity contribution is 6.07. The molecule has 0 aromatic heterocycles. The number of hydrogen-bond acceptors (Lipinski definition) is 8. The molecule has 2 fully saturated rings. The highest BCUT2D eigenvalue weighted by Crippen LogP contribution is 2.44. The molecule has 1 saturated carbocycles. The normalized spacial score (nSPS) is 21.2. The topological polar surface area (TPSA) is 122 Å². The van der Waals surface area contributed by atoms with Crippen LogP contribution in [0.3, 0.4) is 0 Å². The molecule has 1 aromatic carbocycles. The summed E-state index contributed by atoms with van der Waals surface area (Å²) in [5, 5.41) is 2.94. The summed E-state index contributed by atoms with van der Waals surface area (Å²) in [5.41, 5.74) is 12.3. The zero-order valence-electron chi connectivity index (χ0n) is 20.3. The molecule has 9 nitrogen and oxygen atoms in total. The van der Waals surface area contributed by atoms with E-state index in [1.54, 1.807) is 6.07 Å². The fraction of sp³-hybridized carbons (Fsp3) is 0.625. The number of carbonyl (C=O) groups excluding carboxylic acids is 1. The van der Waals surface area contributed by atoms with Gasteiger partial charge in [0.1, 0.15) is 17.1 Å². The van der Waals surface area contributed by atoms with Crippen LogP contribution in [0.2, 0.25) is 0 Å². The maximum absolute atomic E-state index is 15.3. The van der Waals surface area contributed by atoms with Gasteiger partial charge >= 0.3 is 6.09 Å². The van der Waals surface area contributed by atoms with E-state index in [1.165, 1.54) is 6.07 Å². The third kappa shape index (κ3) is 5.05. The van der Waals surface area contributed by atoms with Gasteiger partial charge in [0.25, 0.3) is 0 Å². The summed E-state index contributed by atoms with van der Waals surface area (Å²) in [6.07, 6.45) is 5.59. The number of amides is 1. The SMILES string of the molecule is CC(C)(C)OC(=O)NC1CCN(c2c(F)cccc2N2C(N)=NC(N)=NC23CCCCC3)CC1. The molecule has 0 unspecified atom stereocenters. The number of carbonyl (C=O) groups is 1. The molecule has 1 aromatic rings. The number of ether oxygens (including phenoxy) is 1. The Morgan fingerprint density at radius 3 is 2.50 bits per heavy atom. The second kappa shape index (κ2) is 9.31. The fourth-order valence-corrected chi connectivity index (χ4v) is 5.19. The average Bonchev–Trinajstić information content (AvgIpc) is 2.73. The van der Waals surface area contributed by atoms with Crippen molar-refractivity contribution in [2.75, 3.05) is 22.9 Å². The standard InChI is InChI=1S/C24H36FN7O2/c1-23(2,3)34-22(33)28-16-10-14-31(15-11-16)19-17(25)8-7-9-18(19)32-21(27)29-20(26)30-24(32)12-5-4-6-13-24/h7-9,16H,4-6,10-15H2,1-3H3,(H,28,33)(H4,26,27,29,30). The Kier molecular flexibility index (Phi) is 6.60. The van der Waals surface area contributed by atoms with Crippen LogP contribution in [0, 0.1) is 5.82 Å². The molecular formula is C24H36FN7O2. The third-order valence-electron chi connectivity index (χ3n) is 6.59. The van der Waals surface area contributed by atoms with Crippen molar-refractivity contribution in [1.82, 2.24) is 5.32 Å². The minimum atomic E-state index is -0.646. The quantitative estimate of drug-likeness (QED) is 0.618. The van der Waals surface area contributed by atoms with Gasteiger partial charge in [0.15, 0.2) is 0 Å². The van der Waals surface area contributed by atoms with Crippen molar-refractivity contribution in [3.63, 3.8) is 0 Å². The Morgan fingerprint density at radius 2 is 1.85 bits per heavy atom. The van der Waals surface area contributed by atoms with Crippen LogP contribution in [0.5, 0.6) is 0 Å². The van der Waals surface area contributed by atoms with E-state index in [1.807, 2.05) is 36.6 Å². The maximum atomic E-state index is 15.3. The molecule has 2 heterocycles. The Balaban J connectivity index is 1.56. The molecule has 0 bridgehead atoms. The smallest absolute Gasteiger partial charge is 0.407 e. The van der Waals surface area contributed by atoms with Crippen molar-refractivity contribution in [3.8, 4) is 0 Å². The first-order chi connectivity index (χ1) is 16.1. The summed E-state index contributed by atoms with van der Waals surface area (Å²) in [4.78, 5) is 25.0.